The number of hydrogen-bond acceptors (Lipinski definition) is 5. The lowest BCUT2D eigenvalue weighted by Crippen LogP contribution is -2.08. The second-order valence-corrected chi connectivity index (χ2v) is 4.83. The highest BCUT2D eigenvalue weighted by atomic mass is 16.7. The van der Waals surface area contributed by atoms with E-state index in [4.69, 9.17) is 9.57 Å². The smallest absolute Gasteiger partial charge is 0.365 e. The molecule has 2 aromatic carbocycles. The summed E-state index contributed by atoms with van der Waals surface area (Å²) in [5.41, 5.74) is 2.36. The first kappa shape index (κ1) is 15.6. The summed E-state index contributed by atoms with van der Waals surface area (Å²) in [6.07, 6.45) is 1.50. The van der Waals surface area contributed by atoms with Gasteiger partial charge in [-0.3, -0.25) is 0 Å². The summed E-state index contributed by atoms with van der Waals surface area (Å²) in [7, 11) is 5.51. The van der Waals surface area contributed by atoms with Crippen molar-refractivity contribution in [2.75, 3.05) is 26.1 Å². The molecule has 0 aromatic heterocycles. The number of hydrogen-bond donors (Lipinski definition) is 0. The Morgan fingerprint density at radius 2 is 1.68 bits per heavy atom. The van der Waals surface area contributed by atoms with Crippen molar-refractivity contribution < 1.29 is 14.4 Å². The van der Waals surface area contributed by atoms with Crippen molar-refractivity contribution >= 4 is 17.9 Å². The Morgan fingerprint density at radius 1 is 1.05 bits per heavy atom. The van der Waals surface area contributed by atoms with Gasteiger partial charge < -0.3 is 14.5 Å². The average molecular weight is 298 g/mol. The topological polar surface area (TPSA) is 51.1 Å². The van der Waals surface area contributed by atoms with Crippen molar-refractivity contribution in [3.05, 3.63) is 59.7 Å². The van der Waals surface area contributed by atoms with Crippen LogP contribution >= 0.6 is 0 Å². The number of ether oxygens (including phenoxy) is 1. The Morgan fingerprint density at radius 3 is 2.23 bits per heavy atom. The molecule has 114 valence electrons. The highest BCUT2D eigenvalue weighted by Gasteiger charge is 2.06. The second-order valence-electron chi connectivity index (χ2n) is 4.83. The van der Waals surface area contributed by atoms with Crippen LogP contribution in [0.25, 0.3) is 0 Å². The molecular weight excluding hydrogens is 280 g/mol. The van der Waals surface area contributed by atoms with Gasteiger partial charge in [-0.15, -0.1) is 0 Å². The maximum atomic E-state index is 11.8. The van der Waals surface area contributed by atoms with Gasteiger partial charge in [0.1, 0.15) is 5.75 Å². The molecule has 0 amide bonds. The summed E-state index contributed by atoms with van der Waals surface area (Å²) in [4.78, 5) is 18.7. The van der Waals surface area contributed by atoms with E-state index in [1.165, 1.54) is 6.21 Å². The third-order valence-electron chi connectivity index (χ3n) is 3.07. The van der Waals surface area contributed by atoms with Crippen LogP contribution in [0.15, 0.2) is 53.7 Å². The van der Waals surface area contributed by atoms with Crippen LogP contribution in [0.3, 0.4) is 0 Å². The van der Waals surface area contributed by atoms with Gasteiger partial charge in [-0.2, -0.15) is 0 Å². The third-order valence-corrected chi connectivity index (χ3v) is 3.07. The quantitative estimate of drug-likeness (QED) is 0.484. The van der Waals surface area contributed by atoms with E-state index < -0.39 is 5.97 Å². The first-order chi connectivity index (χ1) is 10.6. The molecule has 5 nitrogen and oxygen atoms in total. The number of carbonyl (C=O) groups excluding carboxylic acids is 1. The third kappa shape index (κ3) is 4.09. The van der Waals surface area contributed by atoms with Gasteiger partial charge in [0, 0.05) is 19.8 Å². The zero-order valence-electron chi connectivity index (χ0n) is 12.8. The Hall–Kier alpha value is -2.82. The first-order valence-corrected chi connectivity index (χ1v) is 6.76. The second kappa shape index (κ2) is 7.26. The summed E-state index contributed by atoms with van der Waals surface area (Å²) in [6.45, 7) is 0. The van der Waals surface area contributed by atoms with Gasteiger partial charge in [0.15, 0.2) is 0 Å². The largest absolute Gasteiger partial charge is 0.497 e. The first-order valence-electron chi connectivity index (χ1n) is 6.76. The summed E-state index contributed by atoms with van der Waals surface area (Å²) in [5, 5.41) is 3.72. The van der Waals surface area contributed by atoms with E-state index in [1.807, 2.05) is 43.3 Å². The molecule has 5 heteroatoms. The van der Waals surface area contributed by atoms with Crippen molar-refractivity contribution in [3.63, 3.8) is 0 Å². The lowest BCUT2D eigenvalue weighted by atomic mass is 10.2. The molecule has 0 N–H and O–H groups in total. The summed E-state index contributed by atoms with van der Waals surface area (Å²) in [5.74, 6) is 0.171. The van der Waals surface area contributed by atoms with E-state index in [9.17, 15) is 4.79 Å². The number of benzene rings is 2. The van der Waals surface area contributed by atoms with E-state index in [2.05, 4.69) is 5.16 Å². The average Bonchev–Trinajstić information content (AvgIpc) is 2.55. The molecule has 2 aromatic rings. The van der Waals surface area contributed by atoms with Crippen LogP contribution in [0.5, 0.6) is 5.75 Å². The molecule has 0 bridgehead atoms. The molecule has 0 radical (unpaired) electrons. The van der Waals surface area contributed by atoms with Gasteiger partial charge in [-0.25, -0.2) is 4.79 Å². The SMILES string of the molecule is COc1ccc(C(=O)ON=Cc2ccc(N(C)C)cc2)cc1. The minimum absolute atomic E-state index is 0.418. The normalized spacial score (nSPS) is 10.5. The maximum absolute atomic E-state index is 11.8. The van der Waals surface area contributed by atoms with Gasteiger partial charge in [0.2, 0.25) is 0 Å². The molecule has 0 aliphatic carbocycles. The summed E-state index contributed by atoms with van der Waals surface area (Å²) in [6, 6.07) is 14.4. The zero-order chi connectivity index (χ0) is 15.9. The van der Waals surface area contributed by atoms with Gasteiger partial charge >= 0.3 is 5.97 Å². The van der Waals surface area contributed by atoms with Crippen LogP contribution in [-0.2, 0) is 4.84 Å². The van der Waals surface area contributed by atoms with Crippen LogP contribution in [0, 0.1) is 0 Å². The Bertz CT molecular complexity index is 647. The Labute approximate surface area is 129 Å². The summed E-state index contributed by atoms with van der Waals surface area (Å²) >= 11 is 0. The van der Waals surface area contributed by atoms with Crippen molar-refractivity contribution in [2.24, 2.45) is 5.16 Å². The fourth-order valence-corrected chi connectivity index (χ4v) is 1.77. The predicted molar refractivity (Wildman–Crippen MR) is 86.8 cm³/mol. The van der Waals surface area contributed by atoms with Gasteiger partial charge in [0.05, 0.1) is 18.9 Å². The molecule has 0 atom stereocenters. The molecule has 0 saturated heterocycles. The summed E-state index contributed by atoms with van der Waals surface area (Å²) < 4.78 is 5.03. The van der Waals surface area contributed by atoms with E-state index >= 15 is 0 Å². The molecule has 0 aliphatic rings. The molecule has 0 heterocycles. The minimum atomic E-state index is -0.510. The van der Waals surface area contributed by atoms with Gasteiger partial charge in [-0.05, 0) is 42.0 Å². The molecule has 22 heavy (non-hydrogen) atoms. The van der Waals surface area contributed by atoms with E-state index in [-0.39, 0.29) is 0 Å². The molecule has 0 fully saturated rings. The minimum Gasteiger partial charge on any atom is -0.497 e. The number of rotatable bonds is 5. The fraction of sp³-hybridized carbons (Fsp3) is 0.176. The van der Waals surface area contributed by atoms with Crippen LogP contribution in [0.1, 0.15) is 15.9 Å². The highest BCUT2D eigenvalue weighted by molar-refractivity contribution is 5.90. The number of anilines is 1. The predicted octanol–water partition coefficient (Wildman–Crippen LogP) is 2.95. The molecule has 0 saturated carbocycles. The zero-order valence-corrected chi connectivity index (χ0v) is 12.8. The molecule has 2 rings (SSSR count). The van der Waals surface area contributed by atoms with Crippen molar-refractivity contribution in [2.45, 2.75) is 0 Å². The van der Waals surface area contributed by atoms with E-state index in [1.54, 1.807) is 31.4 Å². The number of carbonyl (C=O) groups is 1. The van der Waals surface area contributed by atoms with Crippen LogP contribution in [-0.4, -0.2) is 33.4 Å². The van der Waals surface area contributed by atoms with Gasteiger partial charge in [0.25, 0.3) is 0 Å². The lowest BCUT2D eigenvalue weighted by molar-refractivity contribution is 0.0519. The van der Waals surface area contributed by atoms with Gasteiger partial charge in [-0.1, -0.05) is 17.3 Å². The molecule has 0 spiro atoms. The van der Waals surface area contributed by atoms with Crippen molar-refractivity contribution in [3.8, 4) is 5.75 Å². The van der Waals surface area contributed by atoms with Crippen molar-refractivity contribution in [1.82, 2.24) is 0 Å². The van der Waals surface area contributed by atoms with E-state index in [0.29, 0.717) is 11.3 Å². The molecular formula is C17H18N2O3. The molecule has 0 unspecified atom stereocenters. The van der Waals surface area contributed by atoms with Crippen molar-refractivity contribution in [1.29, 1.82) is 0 Å². The lowest BCUT2D eigenvalue weighted by Gasteiger charge is -2.11. The Kier molecular flexibility index (Phi) is 5.14. The Balaban J connectivity index is 1.94. The van der Waals surface area contributed by atoms with Crippen LogP contribution < -0.4 is 9.64 Å². The highest BCUT2D eigenvalue weighted by Crippen LogP contribution is 2.13. The molecule has 0 aliphatic heterocycles. The number of oxime groups is 1. The fourth-order valence-electron chi connectivity index (χ4n) is 1.77. The number of nitrogens with zero attached hydrogens (tertiary/aromatic N) is 2. The van der Waals surface area contributed by atoms with Crippen LogP contribution in [0.4, 0.5) is 5.69 Å². The standard InChI is InChI=1S/C17H18N2O3/c1-19(2)15-8-4-13(5-9-15)12-18-22-17(20)14-6-10-16(21-3)11-7-14/h4-12H,1-3H3. The maximum Gasteiger partial charge on any atom is 0.365 e. The van der Waals surface area contributed by atoms with Crippen LogP contribution in [0.2, 0.25) is 0 Å². The van der Waals surface area contributed by atoms with E-state index in [0.717, 1.165) is 11.3 Å². The monoisotopic (exact) mass is 298 g/mol. The number of methoxy groups -OCH3 is 1.